The summed E-state index contributed by atoms with van der Waals surface area (Å²) in [5.74, 6) is 3.98. The van der Waals surface area contributed by atoms with Crippen LogP contribution in [0.15, 0.2) is 23.2 Å². The van der Waals surface area contributed by atoms with Crippen molar-refractivity contribution in [3.05, 3.63) is 23.8 Å². The van der Waals surface area contributed by atoms with E-state index < -0.39 is 0 Å². The minimum Gasteiger partial charge on any atom is -0.497 e. The number of benzene rings is 1. The first-order valence-corrected chi connectivity index (χ1v) is 14.0. The molecule has 1 aromatic rings. The molecule has 0 aromatic heterocycles. The van der Waals surface area contributed by atoms with Crippen LogP contribution in [0, 0.1) is 17.8 Å². The van der Waals surface area contributed by atoms with Gasteiger partial charge in [-0.1, -0.05) is 13.8 Å². The van der Waals surface area contributed by atoms with Gasteiger partial charge < -0.3 is 29.3 Å². The minimum absolute atomic E-state index is 0.000836. The third kappa shape index (κ3) is 7.60. The molecular formula is C29H46N4O4. The van der Waals surface area contributed by atoms with Crippen LogP contribution < -0.4 is 14.8 Å². The SMILES string of the molecule is COc1cc(OC)cc(C2=NC(CN3CCC(C(=O)NCCCN4CC(C)CC(C)C4)CC3)C(C)O2)c1. The summed E-state index contributed by atoms with van der Waals surface area (Å²) in [5.41, 5.74) is 0.866. The van der Waals surface area contributed by atoms with Crippen molar-refractivity contribution in [3.63, 3.8) is 0 Å². The Kier molecular flexibility index (Phi) is 9.71. The molecule has 3 heterocycles. The van der Waals surface area contributed by atoms with Gasteiger partial charge in [0.15, 0.2) is 0 Å². The Morgan fingerprint density at radius 2 is 1.68 bits per heavy atom. The summed E-state index contributed by atoms with van der Waals surface area (Å²) in [6, 6.07) is 5.76. The van der Waals surface area contributed by atoms with Crippen molar-refractivity contribution in [2.75, 3.05) is 60.0 Å². The first kappa shape index (κ1) is 27.7. The van der Waals surface area contributed by atoms with Crippen LogP contribution in [0.5, 0.6) is 11.5 Å². The second-order valence-electron chi connectivity index (χ2n) is 11.4. The fourth-order valence-corrected chi connectivity index (χ4v) is 6.08. The van der Waals surface area contributed by atoms with Crippen molar-refractivity contribution < 1.29 is 19.0 Å². The lowest BCUT2D eigenvalue weighted by atomic mass is 9.92. The predicted octanol–water partition coefficient (Wildman–Crippen LogP) is 3.43. The average Bonchev–Trinajstić information content (AvgIpc) is 3.26. The van der Waals surface area contributed by atoms with E-state index in [1.54, 1.807) is 14.2 Å². The number of carbonyl (C=O) groups is 1. The molecule has 1 amide bonds. The molecule has 37 heavy (non-hydrogen) atoms. The number of methoxy groups -OCH3 is 2. The van der Waals surface area contributed by atoms with Crippen LogP contribution in [0.4, 0.5) is 0 Å². The average molecular weight is 515 g/mol. The largest absolute Gasteiger partial charge is 0.497 e. The number of rotatable bonds is 10. The number of amides is 1. The summed E-state index contributed by atoms with van der Waals surface area (Å²) >= 11 is 0. The maximum atomic E-state index is 12.8. The molecule has 0 aliphatic carbocycles. The number of ether oxygens (including phenoxy) is 3. The zero-order valence-electron chi connectivity index (χ0n) is 23.4. The van der Waals surface area contributed by atoms with E-state index in [1.165, 1.54) is 19.5 Å². The fraction of sp³-hybridized carbons (Fsp3) is 0.724. The Labute approximate surface area is 222 Å². The van der Waals surface area contributed by atoms with Gasteiger partial charge in [-0.2, -0.15) is 0 Å². The quantitative estimate of drug-likeness (QED) is 0.482. The molecule has 4 rings (SSSR count). The van der Waals surface area contributed by atoms with Gasteiger partial charge in [-0.3, -0.25) is 4.79 Å². The summed E-state index contributed by atoms with van der Waals surface area (Å²) in [6.07, 6.45) is 4.17. The highest BCUT2D eigenvalue weighted by Gasteiger charge is 2.32. The number of nitrogens with zero attached hydrogens (tertiary/aromatic N) is 3. The lowest BCUT2D eigenvalue weighted by Gasteiger charge is -2.35. The van der Waals surface area contributed by atoms with Gasteiger partial charge in [-0.15, -0.1) is 0 Å². The van der Waals surface area contributed by atoms with Crippen LogP contribution in [-0.2, 0) is 9.53 Å². The van der Waals surface area contributed by atoms with Crippen molar-refractivity contribution in [2.45, 2.75) is 58.6 Å². The molecule has 2 fully saturated rings. The van der Waals surface area contributed by atoms with Gasteiger partial charge in [0.1, 0.15) is 23.6 Å². The van der Waals surface area contributed by atoms with Gasteiger partial charge in [0, 0.05) is 43.7 Å². The lowest BCUT2D eigenvalue weighted by Crippen LogP contribution is -2.44. The van der Waals surface area contributed by atoms with E-state index in [9.17, 15) is 4.79 Å². The number of carbonyl (C=O) groups excluding carboxylic acids is 1. The molecule has 8 nitrogen and oxygen atoms in total. The fourth-order valence-electron chi connectivity index (χ4n) is 6.08. The molecule has 0 bridgehead atoms. The van der Waals surface area contributed by atoms with Crippen LogP contribution in [0.3, 0.4) is 0 Å². The summed E-state index contributed by atoms with van der Waals surface area (Å²) < 4.78 is 16.9. The maximum absolute atomic E-state index is 12.8. The van der Waals surface area contributed by atoms with Gasteiger partial charge in [0.25, 0.3) is 0 Å². The second-order valence-corrected chi connectivity index (χ2v) is 11.4. The van der Waals surface area contributed by atoms with E-state index in [2.05, 4.69) is 35.9 Å². The Morgan fingerprint density at radius 1 is 1.03 bits per heavy atom. The first-order valence-electron chi connectivity index (χ1n) is 14.0. The normalized spacial score (nSPS) is 27.4. The zero-order chi connectivity index (χ0) is 26.4. The molecule has 0 radical (unpaired) electrons. The van der Waals surface area contributed by atoms with Gasteiger partial charge in [0.05, 0.1) is 14.2 Å². The van der Waals surface area contributed by atoms with Crippen LogP contribution in [-0.4, -0.2) is 93.8 Å². The molecule has 0 spiro atoms. The molecule has 4 unspecified atom stereocenters. The van der Waals surface area contributed by atoms with Gasteiger partial charge in [-0.25, -0.2) is 4.99 Å². The van der Waals surface area contributed by atoms with Crippen molar-refractivity contribution >= 4 is 11.8 Å². The third-order valence-corrected chi connectivity index (χ3v) is 8.02. The molecular weight excluding hydrogens is 468 g/mol. The van der Waals surface area contributed by atoms with Crippen LogP contribution in [0.2, 0.25) is 0 Å². The van der Waals surface area contributed by atoms with Crippen molar-refractivity contribution in [3.8, 4) is 11.5 Å². The lowest BCUT2D eigenvalue weighted by molar-refractivity contribution is -0.126. The molecule has 1 N–H and O–H groups in total. The monoisotopic (exact) mass is 514 g/mol. The number of piperidine rings is 2. The highest BCUT2D eigenvalue weighted by atomic mass is 16.5. The Bertz CT molecular complexity index is 898. The van der Waals surface area contributed by atoms with Crippen LogP contribution >= 0.6 is 0 Å². The van der Waals surface area contributed by atoms with Gasteiger partial charge in [0.2, 0.25) is 11.8 Å². The summed E-state index contributed by atoms with van der Waals surface area (Å²) in [7, 11) is 3.28. The Balaban J connectivity index is 1.19. The highest BCUT2D eigenvalue weighted by Crippen LogP contribution is 2.27. The number of likely N-dealkylation sites (tertiary alicyclic amines) is 2. The van der Waals surface area contributed by atoms with Crippen molar-refractivity contribution in [1.82, 2.24) is 15.1 Å². The molecule has 3 aliphatic heterocycles. The molecule has 8 heteroatoms. The highest BCUT2D eigenvalue weighted by molar-refractivity contribution is 5.96. The van der Waals surface area contributed by atoms with E-state index in [1.807, 2.05) is 18.2 Å². The summed E-state index contributed by atoms with van der Waals surface area (Å²) in [5, 5.41) is 3.21. The maximum Gasteiger partial charge on any atom is 0.223 e. The summed E-state index contributed by atoms with van der Waals surface area (Å²) in [4.78, 5) is 22.6. The van der Waals surface area contributed by atoms with E-state index in [0.29, 0.717) is 17.4 Å². The molecule has 206 valence electrons. The number of nitrogens with one attached hydrogen (secondary N) is 1. The molecule has 4 atom stereocenters. The third-order valence-electron chi connectivity index (χ3n) is 8.02. The van der Waals surface area contributed by atoms with E-state index >= 15 is 0 Å². The first-order chi connectivity index (χ1) is 17.8. The topological polar surface area (TPSA) is 75.6 Å². The van der Waals surface area contributed by atoms with Crippen molar-refractivity contribution in [1.29, 1.82) is 0 Å². The van der Waals surface area contributed by atoms with E-state index in [0.717, 1.165) is 69.4 Å². The van der Waals surface area contributed by atoms with Crippen molar-refractivity contribution in [2.24, 2.45) is 22.7 Å². The van der Waals surface area contributed by atoms with Gasteiger partial charge in [-0.05, 0) is 76.2 Å². The van der Waals surface area contributed by atoms with E-state index in [-0.39, 0.29) is 24.0 Å². The molecule has 0 saturated carbocycles. The molecule has 1 aromatic carbocycles. The zero-order valence-corrected chi connectivity index (χ0v) is 23.4. The number of aliphatic imine (C=N–C) groups is 1. The van der Waals surface area contributed by atoms with Crippen LogP contribution in [0.25, 0.3) is 0 Å². The Morgan fingerprint density at radius 3 is 2.30 bits per heavy atom. The predicted molar refractivity (Wildman–Crippen MR) is 147 cm³/mol. The Hall–Kier alpha value is -2.32. The minimum atomic E-state index is -0.000836. The molecule has 3 aliphatic rings. The number of hydrogen-bond acceptors (Lipinski definition) is 7. The van der Waals surface area contributed by atoms with E-state index in [4.69, 9.17) is 19.2 Å². The van der Waals surface area contributed by atoms with Crippen LogP contribution in [0.1, 0.15) is 52.0 Å². The standard InChI is InChI=1S/C29H46N4O4/c1-20-13-21(2)18-33(17-20)10-6-9-30-28(34)23-7-11-32(12-8-23)19-27-22(3)37-29(31-27)24-14-25(35-4)16-26(15-24)36-5/h14-16,20-23,27H,6-13,17-19H2,1-5H3,(H,30,34). The number of hydrogen-bond donors (Lipinski definition) is 1. The molecule has 2 saturated heterocycles. The second kappa shape index (κ2) is 13.0. The smallest absolute Gasteiger partial charge is 0.223 e. The van der Waals surface area contributed by atoms with Gasteiger partial charge >= 0.3 is 0 Å². The summed E-state index contributed by atoms with van der Waals surface area (Å²) in [6.45, 7) is 13.7.